The van der Waals surface area contributed by atoms with Crippen molar-refractivity contribution in [1.29, 1.82) is 0 Å². The van der Waals surface area contributed by atoms with Gasteiger partial charge in [0.15, 0.2) is 0 Å². The van der Waals surface area contributed by atoms with Gasteiger partial charge in [-0.25, -0.2) is 0 Å². The van der Waals surface area contributed by atoms with E-state index in [1.165, 1.54) is 0 Å². The molecule has 1 N–H and O–H groups in total. The van der Waals surface area contributed by atoms with E-state index >= 15 is 0 Å². The van der Waals surface area contributed by atoms with Crippen molar-refractivity contribution in [2.75, 3.05) is 13.1 Å². The summed E-state index contributed by atoms with van der Waals surface area (Å²) >= 11 is 6.06. The first-order valence-electron chi connectivity index (χ1n) is 5.61. The maximum atomic E-state index is 12.0. The van der Waals surface area contributed by atoms with Crippen LogP contribution in [0.15, 0.2) is 12.3 Å². The minimum Gasteiger partial charge on any atom is -0.337 e. The van der Waals surface area contributed by atoms with Gasteiger partial charge in [-0.05, 0) is 31.7 Å². The third-order valence-electron chi connectivity index (χ3n) is 3.21. The highest BCUT2D eigenvalue weighted by Gasteiger charge is 2.26. The Kier molecular flexibility index (Phi) is 3.49. The molecule has 1 aliphatic rings. The molecular formula is C11H16ClN3O. The Morgan fingerprint density at radius 1 is 1.62 bits per heavy atom. The molecule has 0 bridgehead atoms. The van der Waals surface area contributed by atoms with Crippen molar-refractivity contribution in [3.8, 4) is 0 Å². The molecule has 0 spiro atoms. The van der Waals surface area contributed by atoms with Gasteiger partial charge >= 0.3 is 0 Å². The minimum absolute atomic E-state index is 0.0400. The zero-order valence-corrected chi connectivity index (χ0v) is 10.1. The van der Waals surface area contributed by atoms with Crippen LogP contribution in [0.5, 0.6) is 0 Å². The molecule has 1 fully saturated rings. The van der Waals surface area contributed by atoms with E-state index in [0.717, 1.165) is 25.9 Å². The van der Waals surface area contributed by atoms with Gasteiger partial charge in [0, 0.05) is 24.7 Å². The summed E-state index contributed by atoms with van der Waals surface area (Å²) in [5.41, 5.74) is 0.567. The Labute approximate surface area is 100.0 Å². The predicted octanol–water partition coefficient (Wildman–Crippen LogP) is 1.89. The first-order valence-corrected chi connectivity index (χ1v) is 6.05. The number of carbonyl (C=O) groups is 1. The fourth-order valence-corrected chi connectivity index (χ4v) is 2.36. The number of hydrogen-bond donors (Lipinski definition) is 1. The van der Waals surface area contributed by atoms with Gasteiger partial charge in [0.05, 0.1) is 0 Å². The highest BCUT2D eigenvalue weighted by Crippen LogP contribution is 2.24. The normalized spacial score (nSPS) is 19.8. The number of alkyl halides is 1. The largest absolute Gasteiger partial charge is 0.337 e. The van der Waals surface area contributed by atoms with E-state index in [0.29, 0.717) is 11.6 Å². The Bertz CT molecular complexity index is 342. The van der Waals surface area contributed by atoms with Gasteiger partial charge in [-0.1, -0.05) is 0 Å². The molecule has 5 heteroatoms. The molecule has 1 aliphatic heterocycles. The number of hydrogen-bond acceptors (Lipinski definition) is 2. The molecule has 0 saturated carbocycles. The summed E-state index contributed by atoms with van der Waals surface area (Å²) in [4.78, 5) is 13.8. The van der Waals surface area contributed by atoms with Crippen molar-refractivity contribution < 1.29 is 4.79 Å². The van der Waals surface area contributed by atoms with Gasteiger partial charge in [-0.15, -0.1) is 11.6 Å². The molecule has 1 amide bonds. The standard InChI is InChI=1S/C11H16ClN3O/c1-8(12)9-3-6-15(7-4-9)11(16)10-2-5-13-14-10/h2,5,8-9H,3-4,6-7H2,1H3,(H,13,14). The van der Waals surface area contributed by atoms with Crippen LogP contribution in [0.3, 0.4) is 0 Å². The smallest absolute Gasteiger partial charge is 0.271 e. The number of amides is 1. The second kappa shape index (κ2) is 4.87. The molecule has 1 atom stereocenters. The lowest BCUT2D eigenvalue weighted by Crippen LogP contribution is -2.40. The van der Waals surface area contributed by atoms with E-state index in [9.17, 15) is 4.79 Å². The number of rotatable bonds is 2. The van der Waals surface area contributed by atoms with Gasteiger partial charge in [0.25, 0.3) is 5.91 Å². The molecule has 1 aromatic heterocycles. The molecule has 0 aliphatic carbocycles. The molecule has 1 saturated heterocycles. The van der Waals surface area contributed by atoms with Crippen LogP contribution in [0.1, 0.15) is 30.3 Å². The second-order valence-corrected chi connectivity index (χ2v) is 4.97. The molecule has 0 aromatic carbocycles. The van der Waals surface area contributed by atoms with Crippen molar-refractivity contribution in [2.45, 2.75) is 25.1 Å². The SMILES string of the molecule is CC(Cl)C1CCN(C(=O)c2ccn[nH]2)CC1. The topological polar surface area (TPSA) is 49.0 Å². The van der Waals surface area contributed by atoms with E-state index in [1.807, 2.05) is 11.8 Å². The van der Waals surface area contributed by atoms with E-state index in [4.69, 9.17) is 11.6 Å². The fraction of sp³-hybridized carbons (Fsp3) is 0.636. The number of halogens is 1. The highest BCUT2D eigenvalue weighted by atomic mass is 35.5. The quantitative estimate of drug-likeness (QED) is 0.804. The average Bonchev–Trinajstić information content (AvgIpc) is 2.81. The number of nitrogens with one attached hydrogen (secondary N) is 1. The van der Waals surface area contributed by atoms with Crippen molar-refractivity contribution in [1.82, 2.24) is 15.1 Å². The Morgan fingerprint density at radius 2 is 2.31 bits per heavy atom. The molecule has 1 unspecified atom stereocenters. The number of aromatic amines is 1. The van der Waals surface area contributed by atoms with Gasteiger partial charge in [-0.2, -0.15) is 5.10 Å². The van der Waals surface area contributed by atoms with E-state index < -0.39 is 0 Å². The maximum absolute atomic E-state index is 12.0. The van der Waals surface area contributed by atoms with Gasteiger partial charge in [0.2, 0.25) is 0 Å². The predicted molar refractivity (Wildman–Crippen MR) is 62.5 cm³/mol. The summed E-state index contributed by atoms with van der Waals surface area (Å²) in [6, 6.07) is 1.71. The first kappa shape index (κ1) is 11.5. The third kappa shape index (κ3) is 2.38. The number of carbonyl (C=O) groups excluding carboxylic acids is 1. The molecule has 0 radical (unpaired) electrons. The summed E-state index contributed by atoms with van der Waals surface area (Å²) in [6.45, 7) is 3.61. The first-order chi connectivity index (χ1) is 7.68. The summed E-state index contributed by atoms with van der Waals surface area (Å²) in [7, 11) is 0. The van der Waals surface area contributed by atoms with Crippen LogP contribution in [0.4, 0.5) is 0 Å². The zero-order chi connectivity index (χ0) is 11.5. The monoisotopic (exact) mass is 241 g/mol. The molecule has 2 heterocycles. The zero-order valence-electron chi connectivity index (χ0n) is 9.32. The van der Waals surface area contributed by atoms with Crippen LogP contribution in [-0.2, 0) is 0 Å². The van der Waals surface area contributed by atoms with Crippen LogP contribution in [0, 0.1) is 5.92 Å². The van der Waals surface area contributed by atoms with Crippen molar-refractivity contribution in [2.24, 2.45) is 5.92 Å². The Morgan fingerprint density at radius 3 is 2.81 bits per heavy atom. The number of nitrogens with zero attached hydrogens (tertiary/aromatic N) is 2. The lowest BCUT2D eigenvalue weighted by molar-refractivity contribution is 0.0684. The lowest BCUT2D eigenvalue weighted by atomic mass is 9.94. The number of likely N-dealkylation sites (tertiary alicyclic amines) is 1. The highest BCUT2D eigenvalue weighted by molar-refractivity contribution is 6.20. The average molecular weight is 242 g/mol. The van der Waals surface area contributed by atoms with Crippen molar-refractivity contribution in [3.63, 3.8) is 0 Å². The molecule has 2 rings (SSSR count). The maximum Gasteiger partial charge on any atom is 0.271 e. The van der Waals surface area contributed by atoms with Crippen LogP contribution in [-0.4, -0.2) is 39.5 Å². The summed E-state index contributed by atoms with van der Waals surface area (Å²) in [5, 5.41) is 6.69. The lowest BCUT2D eigenvalue weighted by Gasteiger charge is -2.32. The fourth-order valence-electron chi connectivity index (χ4n) is 2.11. The van der Waals surface area contributed by atoms with Crippen molar-refractivity contribution >= 4 is 17.5 Å². The van der Waals surface area contributed by atoms with E-state index in [1.54, 1.807) is 12.3 Å². The number of aromatic nitrogens is 2. The minimum atomic E-state index is 0.0400. The van der Waals surface area contributed by atoms with Gasteiger partial charge < -0.3 is 4.90 Å². The summed E-state index contributed by atoms with van der Waals surface area (Å²) in [6.07, 6.45) is 3.58. The number of H-pyrrole nitrogens is 1. The molecular weight excluding hydrogens is 226 g/mol. The molecule has 1 aromatic rings. The summed E-state index contributed by atoms with van der Waals surface area (Å²) in [5.74, 6) is 0.575. The van der Waals surface area contributed by atoms with E-state index in [-0.39, 0.29) is 11.3 Å². The second-order valence-electron chi connectivity index (χ2n) is 4.28. The third-order valence-corrected chi connectivity index (χ3v) is 3.56. The Hall–Kier alpha value is -1.03. The van der Waals surface area contributed by atoms with Crippen LogP contribution in [0.25, 0.3) is 0 Å². The van der Waals surface area contributed by atoms with Crippen molar-refractivity contribution in [3.05, 3.63) is 18.0 Å². The van der Waals surface area contributed by atoms with Crippen LogP contribution in [0.2, 0.25) is 0 Å². The Balaban J connectivity index is 1.92. The molecule has 88 valence electrons. The molecule has 16 heavy (non-hydrogen) atoms. The van der Waals surface area contributed by atoms with Crippen LogP contribution >= 0.6 is 11.6 Å². The van der Waals surface area contributed by atoms with Crippen LogP contribution < -0.4 is 0 Å². The molecule has 4 nitrogen and oxygen atoms in total. The van der Waals surface area contributed by atoms with Gasteiger partial charge in [-0.3, -0.25) is 9.89 Å². The number of piperidine rings is 1. The van der Waals surface area contributed by atoms with Gasteiger partial charge in [0.1, 0.15) is 5.69 Å². The van der Waals surface area contributed by atoms with E-state index in [2.05, 4.69) is 10.2 Å². The summed E-state index contributed by atoms with van der Waals surface area (Å²) < 4.78 is 0.